The molecule has 1 N–H and O–H groups in total. The van der Waals surface area contributed by atoms with Gasteiger partial charge in [-0.25, -0.2) is 4.79 Å². The molecule has 0 aromatic carbocycles. The van der Waals surface area contributed by atoms with Gasteiger partial charge in [0.2, 0.25) is 0 Å². The van der Waals surface area contributed by atoms with Crippen molar-refractivity contribution in [1.82, 2.24) is 9.80 Å². The molecule has 2 amide bonds. The van der Waals surface area contributed by atoms with E-state index in [0.717, 1.165) is 12.8 Å². The summed E-state index contributed by atoms with van der Waals surface area (Å²) >= 11 is 0. The maximum Gasteiger partial charge on any atom is 0.320 e. The van der Waals surface area contributed by atoms with Crippen LogP contribution in [0.2, 0.25) is 0 Å². The summed E-state index contributed by atoms with van der Waals surface area (Å²) < 4.78 is 5.37. The summed E-state index contributed by atoms with van der Waals surface area (Å²) in [6, 6.07) is 0.195. The predicted octanol–water partition coefficient (Wildman–Crippen LogP) is 1.40. The molecule has 1 heterocycles. The Morgan fingerprint density at radius 3 is 2.58 bits per heavy atom. The fraction of sp³-hybridized carbons (Fsp3) is 0.846. The van der Waals surface area contributed by atoms with Crippen LogP contribution in [0.25, 0.3) is 0 Å². The summed E-state index contributed by atoms with van der Waals surface area (Å²) in [7, 11) is 1.81. The number of morpholine rings is 1. The van der Waals surface area contributed by atoms with Crippen LogP contribution in [-0.4, -0.2) is 65.8 Å². The lowest BCUT2D eigenvalue weighted by atomic mass is 10.1. The van der Waals surface area contributed by atoms with Gasteiger partial charge in [-0.1, -0.05) is 13.8 Å². The van der Waals surface area contributed by atoms with Crippen molar-refractivity contribution in [2.24, 2.45) is 0 Å². The number of nitrogens with zero attached hydrogens (tertiary/aromatic N) is 2. The molecule has 6 heteroatoms. The van der Waals surface area contributed by atoms with E-state index < -0.39 is 12.1 Å². The molecule has 0 saturated carbocycles. The first-order valence-electron chi connectivity index (χ1n) is 6.84. The fourth-order valence-corrected chi connectivity index (χ4v) is 2.43. The van der Waals surface area contributed by atoms with Crippen molar-refractivity contribution < 1.29 is 19.4 Å². The van der Waals surface area contributed by atoms with Gasteiger partial charge in [-0.3, -0.25) is 4.79 Å². The third-order valence-electron chi connectivity index (χ3n) is 3.60. The van der Waals surface area contributed by atoms with Crippen LogP contribution < -0.4 is 0 Å². The van der Waals surface area contributed by atoms with E-state index in [9.17, 15) is 9.59 Å². The molecule has 1 saturated heterocycles. The Morgan fingerprint density at radius 1 is 1.42 bits per heavy atom. The molecule has 110 valence electrons. The molecule has 0 spiro atoms. The molecule has 1 aliphatic heterocycles. The Kier molecular flexibility index (Phi) is 6.08. The van der Waals surface area contributed by atoms with Crippen LogP contribution in [-0.2, 0) is 9.53 Å². The SMILES string of the molecule is CCC(CC)N(C)C(=O)N1CCOC(CC(=O)O)C1. The van der Waals surface area contributed by atoms with Gasteiger partial charge in [-0.2, -0.15) is 0 Å². The van der Waals surface area contributed by atoms with Crippen molar-refractivity contribution in [1.29, 1.82) is 0 Å². The number of aliphatic carboxylic acids is 1. The number of carbonyl (C=O) groups excluding carboxylic acids is 1. The largest absolute Gasteiger partial charge is 0.481 e. The molecule has 0 bridgehead atoms. The monoisotopic (exact) mass is 272 g/mol. The number of carboxylic acid groups (broad SMARTS) is 1. The minimum atomic E-state index is -0.896. The topological polar surface area (TPSA) is 70.1 Å². The summed E-state index contributed by atoms with van der Waals surface area (Å²) in [5, 5.41) is 8.77. The van der Waals surface area contributed by atoms with E-state index in [1.54, 1.807) is 9.80 Å². The van der Waals surface area contributed by atoms with Crippen molar-refractivity contribution in [3.8, 4) is 0 Å². The van der Waals surface area contributed by atoms with Gasteiger partial charge in [0.15, 0.2) is 0 Å². The highest BCUT2D eigenvalue weighted by atomic mass is 16.5. The molecule has 1 fully saturated rings. The van der Waals surface area contributed by atoms with Crippen LogP contribution >= 0.6 is 0 Å². The quantitative estimate of drug-likeness (QED) is 0.821. The van der Waals surface area contributed by atoms with Gasteiger partial charge in [-0.05, 0) is 12.8 Å². The van der Waals surface area contributed by atoms with Crippen molar-refractivity contribution >= 4 is 12.0 Å². The Balaban J connectivity index is 2.58. The van der Waals surface area contributed by atoms with Gasteiger partial charge in [0.1, 0.15) is 0 Å². The third kappa shape index (κ3) is 4.38. The number of carboxylic acids is 1. The molecular weight excluding hydrogens is 248 g/mol. The van der Waals surface area contributed by atoms with Gasteiger partial charge < -0.3 is 19.6 Å². The van der Waals surface area contributed by atoms with Gasteiger partial charge in [0.25, 0.3) is 0 Å². The van der Waals surface area contributed by atoms with Gasteiger partial charge in [-0.15, -0.1) is 0 Å². The average Bonchev–Trinajstić information content (AvgIpc) is 2.38. The summed E-state index contributed by atoms with van der Waals surface area (Å²) in [4.78, 5) is 26.5. The highest BCUT2D eigenvalue weighted by Gasteiger charge is 2.29. The van der Waals surface area contributed by atoms with Gasteiger partial charge in [0.05, 0.1) is 19.1 Å². The maximum atomic E-state index is 12.3. The van der Waals surface area contributed by atoms with E-state index in [0.29, 0.717) is 19.7 Å². The van der Waals surface area contributed by atoms with Gasteiger partial charge in [0, 0.05) is 26.2 Å². The summed E-state index contributed by atoms with van der Waals surface area (Å²) in [6.45, 7) is 5.41. The number of hydrogen-bond donors (Lipinski definition) is 1. The number of carbonyl (C=O) groups is 2. The molecule has 1 atom stereocenters. The third-order valence-corrected chi connectivity index (χ3v) is 3.60. The Labute approximate surface area is 114 Å². The number of ether oxygens (including phenoxy) is 1. The van der Waals surface area contributed by atoms with E-state index in [4.69, 9.17) is 9.84 Å². The van der Waals surface area contributed by atoms with Gasteiger partial charge >= 0.3 is 12.0 Å². The predicted molar refractivity (Wildman–Crippen MR) is 71.1 cm³/mol. The molecular formula is C13H24N2O4. The second kappa shape index (κ2) is 7.33. The van der Waals surface area contributed by atoms with E-state index >= 15 is 0 Å². The molecule has 6 nitrogen and oxygen atoms in total. The number of hydrogen-bond acceptors (Lipinski definition) is 3. The van der Waals surface area contributed by atoms with Crippen LogP contribution in [0.5, 0.6) is 0 Å². The van der Waals surface area contributed by atoms with Crippen molar-refractivity contribution in [3.05, 3.63) is 0 Å². The van der Waals surface area contributed by atoms with E-state index in [1.165, 1.54) is 0 Å². The first kappa shape index (κ1) is 15.8. The highest BCUT2D eigenvalue weighted by molar-refractivity contribution is 5.75. The van der Waals surface area contributed by atoms with Crippen LogP contribution in [0.4, 0.5) is 4.79 Å². The minimum absolute atomic E-state index is 0.0348. The van der Waals surface area contributed by atoms with Crippen LogP contribution in [0.3, 0.4) is 0 Å². The van der Waals surface area contributed by atoms with Crippen LogP contribution in [0.15, 0.2) is 0 Å². The minimum Gasteiger partial charge on any atom is -0.481 e. The number of urea groups is 1. The highest BCUT2D eigenvalue weighted by Crippen LogP contribution is 2.14. The lowest BCUT2D eigenvalue weighted by molar-refractivity contribution is -0.141. The molecule has 0 radical (unpaired) electrons. The average molecular weight is 272 g/mol. The Morgan fingerprint density at radius 2 is 2.05 bits per heavy atom. The molecule has 19 heavy (non-hydrogen) atoms. The van der Waals surface area contributed by atoms with Crippen molar-refractivity contribution in [2.75, 3.05) is 26.7 Å². The van der Waals surface area contributed by atoms with E-state index in [-0.39, 0.29) is 18.5 Å². The summed E-state index contributed by atoms with van der Waals surface area (Å²) in [6.07, 6.45) is 1.38. The van der Waals surface area contributed by atoms with Crippen LogP contribution in [0.1, 0.15) is 33.1 Å². The lowest BCUT2D eigenvalue weighted by Crippen LogP contribution is -2.52. The molecule has 0 aromatic rings. The standard InChI is InChI=1S/C13H24N2O4/c1-4-10(5-2)14(3)13(18)15-6-7-19-11(9-15)8-12(16)17/h10-11H,4-9H2,1-3H3,(H,16,17). The normalized spacial score (nSPS) is 19.6. The van der Waals surface area contributed by atoms with Crippen molar-refractivity contribution in [2.45, 2.75) is 45.3 Å². The Hall–Kier alpha value is -1.30. The molecule has 0 aromatic heterocycles. The summed E-state index contributed by atoms with van der Waals surface area (Å²) in [5.74, 6) is -0.896. The number of amides is 2. The Bertz CT molecular complexity index is 318. The fourth-order valence-electron chi connectivity index (χ4n) is 2.43. The molecule has 1 aliphatic rings. The van der Waals surface area contributed by atoms with E-state index in [1.807, 2.05) is 7.05 Å². The lowest BCUT2D eigenvalue weighted by Gasteiger charge is -2.37. The van der Waals surface area contributed by atoms with E-state index in [2.05, 4.69) is 13.8 Å². The summed E-state index contributed by atoms with van der Waals surface area (Å²) in [5.41, 5.74) is 0. The van der Waals surface area contributed by atoms with Crippen molar-refractivity contribution in [3.63, 3.8) is 0 Å². The van der Waals surface area contributed by atoms with Crippen LogP contribution in [0, 0.1) is 0 Å². The second-order valence-electron chi connectivity index (χ2n) is 4.90. The zero-order valence-corrected chi connectivity index (χ0v) is 12.0. The zero-order valence-electron chi connectivity index (χ0n) is 12.0. The zero-order chi connectivity index (χ0) is 14.4. The number of rotatable bonds is 5. The first-order valence-corrected chi connectivity index (χ1v) is 6.84. The second-order valence-corrected chi connectivity index (χ2v) is 4.90. The molecule has 1 unspecified atom stereocenters. The maximum absolute atomic E-state index is 12.3. The molecule has 1 rings (SSSR count). The first-order chi connectivity index (χ1) is 8.99. The smallest absolute Gasteiger partial charge is 0.320 e. The molecule has 0 aliphatic carbocycles.